The van der Waals surface area contributed by atoms with Gasteiger partial charge in [-0.05, 0) is 46.7 Å². The normalized spacial score (nSPS) is 20.0. The van der Waals surface area contributed by atoms with Crippen LogP contribution in [0.4, 0.5) is 0 Å². The molecule has 300 valence electrons. The standard InChI is InChI=1S/C39H79O10P/c1-36(2)32-28-24-20-16-12-8-6-10-14-18-22-26-30-34-42-39(38(5)44-50(40,41)49-48-47-46-45-39)43-35-31-27-23-19-15-11-7-9-13-17-21-25-29-33-37(3)4/h36-38H,6-35H2,1-5H3,(H,40,41). The molecule has 1 heterocycles. The topological polar surface area (TPSA) is 111 Å². The van der Waals surface area contributed by atoms with Crippen LogP contribution in [0.3, 0.4) is 0 Å². The molecule has 0 amide bonds. The SMILES string of the molecule is CC(C)CCCCCCCCCCCCCCCOC1(OCCCCCCCCCCCCCCCC(C)C)OOOOOP(=O)(O)OC1C. The number of rotatable bonds is 34. The molecule has 1 rings (SSSR count). The van der Waals surface area contributed by atoms with E-state index in [9.17, 15) is 9.46 Å². The van der Waals surface area contributed by atoms with Gasteiger partial charge in [0.2, 0.25) is 0 Å². The highest BCUT2D eigenvalue weighted by Crippen LogP contribution is 2.48. The van der Waals surface area contributed by atoms with Gasteiger partial charge < -0.3 is 14.4 Å². The number of phosphoric ester groups is 1. The van der Waals surface area contributed by atoms with E-state index in [2.05, 4.69) is 47.5 Å². The summed E-state index contributed by atoms with van der Waals surface area (Å²) in [4.78, 5) is 15.2. The Morgan fingerprint density at radius 3 is 1.18 bits per heavy atom. The lowest BCUT2D eigenvalue weighted by Crippen LogP contribution is -2.49. The fourth-order valence-corrected chi connectivity index (χ4v) is 7.09. The van der Waals surface area contributed by atoms with Gasteiger partial charge in [-0.3, -0.25) is 4.52 Å². The largest absolute Gasteiger partial charge is 0.502 e. The van der Waals surface area contributed by atoms with Crippen molar-refractivity contribution in [2.24, 2.45) is 11.8 Å². The van der Waals surface area contributed by atoms with Crippen molar-refractivity contribution in [2.45, 2.75) is 226 Å². The minimum absolute atomic E-state index is 0.282. The highest BCUT2D eigenvalue weighted by Gasteiger charge is 2.48. The Hall–Kier alpha value is -0.130. The monoisotopic (exact) mass is 739 g/mol. The average molecular weight is 739 g/mol. The molecule has 50 heavy (non-hydrogen) atoms. The van der Waals surface area contributed by atoms with Crippen LogP contribution in [0.5, 0.6) is 0 Å². The Morgan fingerprint density at radius 1 is 0.520 bits per heavy atom. The van der Waals surface area contributed by atoms with E-state index in [1.165, 1.54) is 148 Å². The minimum atomic E-state index is -4.65. The predicted molar refractivity (Wildman–Crippen MR) is 199 cm³/mol. The molecule has 0 saturated carbocycles. The lowest BCUT2D eigenvalue weighted by Gasteiger charge is -2.34. The second kappa shape index (κ2) is 32.3. The molecule has 0 bridgehead atoms. The molecule has 0 radical (unpaired) electrons. The average Bonchev–Trinajstić information content (AvgIpc) is 3.11. The van der Waals surface area contributed by atoms with E-state index in [0.717, 1.165) is 50.4 Å². The second-order valence-electron chi connectivity index (χ2n) is 15.4. The first kappa shape index (κ1) is 47.9. The van der Waals surface area contributed by atoms with Gasteiger partial charge >= 0.3 is 13.8 Å². The molecule has 1 aliphatic rings. The first-order valence-electron chi connectivity index (χ1n) is 20.8. The molecule has 10 nitrogen and oxygen atoms in total. The summed E-state index contributed by atoms with van der Waals surface area (Å²) in [5, 5.41) is 12.9. The number of hydrogen-bond donors (Lipinski definition) is 1. The van der Waals surface area contributed by atoms with Crippen LogP contribution in [0.25, 0.3) is 0 Å². The number of hydrogen-bond acceptors (Lipinski definition) is 9. The van der Waals surface area contributed by atoms with E-state index in [0.29, 0.717) is 0 Å². The van der Waals surface area contributed by atoms with E-state index in [1.807, 2.05) is 0 Å². The van der Waals surface area contributed by atoms with E-state index in [-0.39, 0.29) is 13.2 Å². The summed E-state index contributed by atoms with van der Waals surface area (Å²) in [5.74, 6) is -0.268. The zero-order valence-corrected chi connectivity index (χ0v) is 33.9. The highest BCUT2D eigenvalue weighted by molar-refractivity contribution is 7.47. The molecule has 1 N–H and O–H groups in total. The summed E-state index contributed by atoms with van der Waals surface area (Å²) in [6.07, 6.45) is 33.9. The Labute approximate surface area is 307 Å². The lowest BCUT2D eigenvalue weighted by atomic mass is 10.0. The van der Waals surface area contributed by atoms with Crippen molar-refractivity contribution < 1.29 is 48.1 Å². The third kappa shape index (κ3) is 28.4. The molecule has 0 spiro atoms. The predicted octanol–water partition coefficient (Wildman–Crippen LogP) is 13.2. The van der Waals surface area contributed by atoms with Gasteiger partial charge in [-0.15, -0.1) is 4.89 Å². The third-order valence-electron chi connectivity index (χ3n) is 9.58. The van der Waals surface area contributed by atoms with Crippen LogP contribution in [0.2, 0.25) is 0 Å². The fraction of sp³-hybridized carbons (Fsp3) is 1.00. The van der Waals surface area contributed by atoms with Gasteiger partial charge in [-0.2, -0.15) is 0 Å². The van der Waals surface area contributed by atoms with E-state index in [1.54, 1.807) is 0 Å². The third-order valence-corrected chi connectivity index (χ3v) is 10.4. The smallest absolute Gasteiger partial charge is 0.323 e. The van der Waals surface area contributed by atoms with Gasteiger partial charge in [0.05, 0.1) is 13.2 Å². The quantitative estimate of drug-likeness (QED) is 0.0296. The van der Waals surface area contributed by atoms with Gasteiger partial charge in [0, 0.05) is 0 Å². The summed E-state index contributed by atoms with van der Waals surface area (Å²) < 4.78 is 33.6. The minimum Gasteiger partial charge on any atom is -0.323 e. The van der Waals surface area contributed by atoms with Crippen LogP contribution >= 0.6 is 7.82 Å². The summed E-state index contributed by atoms with van der Waals surface area (Å²) in [7, 11) is -4.65. The molecule has 0 aliphatic carbocycles. The highest BCUT2D eigenvalue weighted by atomic mass is 31.2. The van der Waals surface area contributed by atoms with Gasteiger partial charge in [-0.25, -0.2) is 4.57 Å². The molecule has 2 atom stereocenters. The van der Waals surface area contributed by atoms with Crippen molar-refractivity contribution in [3.63, 3.8) is 0 Å². The van der Waals surface area contributed by atoms with Crippen molar-refractivity contribution in [3.8, 4) is 0 Å². The van der Waals surface area contributed by atoms with E-state index < -0.39 is 19.9 Å². The van der Waals surface area contributed by atoms with E-state index >= 15 is 0 Å². The van der Waals surface area contributed by atoms with E-state index in [4.69, 9.17) is 18.9 Å². The molecular formula is C39H79O10P. The summed E-state index contributed by atoms with van der Waals surface area (Å²) in [5.41, 5.74) is 0. The first-order valence-corrected chi connectivity index (χ1v) is 22.3. The van der Waals surface area contributed by atoms with Crippen molar-refractivity contribution in [2.75, 3.05) is 13.2 Å². The Bertz CT molecular complexity index is 744. The van der Waals surface area contributed by atoms with Crippen molar-refractivity contribution >= 4 is 7.82 Å². The van der Waals surface area contributed by atoms with Crippen LogP contribution < -0.4 is 0 Å². The zero-order chi connectivity index (χ0) is 36.6. The Balaban J connectivity index is 2.22. The summed E-state index contributed by atoms with van der Waals surface area (Å²) in [6.45, 7) is 11.3. The molecule has 11 heteroatoms. The number of ether oxygens (including phenoxy) is 2. The van der Waals surface area contributed by atoms with Crippen LogP contribution in [0.15, 0.2) is 0 Å². The second-order valence-corrected chi connectivity index (χ2v) is 16.7. The lowest BCUT2D eigenvalue weighted by molar-refractivity contribution is -0.726. The molecule has 2 unspecified atom stereocenters. The molecule has 0 aromatic heterocycles. The maximum atomic E-state index is 12.2. The summed E-state index contributed by atoms with van der Waals surface area (Å²) >= 11 is 0. The molecule has 1 aliphatic heterocycles. The van der Waals surface area contributed by atoms with Gasteiger partial charge in [0.25, 0.3) is 0 Å². The van der Waals surface area contributed by atoms with Crippen molar-refractivity contribution in [1.82, 2.24) is 0 Å². The number of unbranched alkanes of at least 4 members (excludes halogenated alkanes) is 24. The van der Waals surface area contributed by atoms with Gasteiger partial charge in [-0.1, -0.05) is 199 Å². The van der Waals surface area contributed by atoms with Crippen molar-refractivity contribution in [1.29, 1.82) is 0 Å². The Kier molecular flexibility index (Phi) is 30.9. The molecular weight excluding hydrogens is 659 g/mol. The molecule has 1 fully saturated rings. The van der Waals surface area contributed by atoms with Crippen LogP contribution in [0.1, 0.15) is 214 Å². The van der Waals surface area contributed by atoms with Crippen LogP contribution in [0, 0.1) is 11.8 Å². The maximum absolute atomic E-state index is 12.2. The maximum Gasteiger partial charge on any atom is 0.502 e. The fourth-order valence-electron chi connectivity index (χ4n) is 6.42. The molecule has 1 saturated heterocycles. The molecule has 0 aromatic rings. The van der Waals surface area contributed by atoms with Gasteiger partial charge in [0.15, 0.2) is 6.10 Å². The van der Waals surface area contributed by atoms with Crippen LogP contribution in [-0.2, 0) is 43.2 Å². The number of phosphoric acid groups is 1. The summed E-state index contributed by atoms with van der Waals surface area (Å²) in [6, 6.07) is 0. The first-order chi connectivity index (χ1) is 24.2. The van der Waals surface area contributed by atoms with Gasteiger partial charge in [0.1, 0.15) is 0 Å². The zero-order valence-electron chi connectivity index (χ0n) is 33.0. The molecule has 0 aromatic carbocycles. The Morgan fingerprint density at radius 2 is 0.840 bits per heavy atom. The van der Waals surface area contributed by atoms with Crippen molar-refractivity contribution in [3.05, 3.63) is 0 Å². The van der Waals surface area contributed by atoms with Crippen LogP contribution in [-0.4, -0.2) is 30.2 Å².